The predicted octanol–water partition coefficient (Wildman–Crippen LogP) is 2.04. The molecule has 18 heavy (non-hydrogen) atoms. The zero-order valence-electron chi connectivity index (χ0n) is 8.99. The Labute approximate surface area is 111 Å². The molecule has 1 aliphatic rings. The summed E-state index contributed by atoms with van der Waals surface area (Å²) in [5.41, 5.74) is 0. The number of hydrogen-bond acceptors (Lipinski definition) is 3. The molecule has 1 saturated heterocycles. The maximum Gasteiger partial charge on any atom is 0.270 e. The lowest BCUT2D eigenvalue weighted by atomic mass is 10.3. The van der Waals surface area contributed by atoms with Crippen molar-refractivity contribution >= 4 is 31.9 Å². The van der Waals surface area contributed by atoms with Crippen LogP contribution in [0.25, 0.3) is 0 Å². The third-order valence-electron chi connectivity index (χ3n) is 2.54. The molecular formula is C10H8BrF2NO3S. The highest BCUT2D eigenvalue weighted by Crippen LogP contribution is 2.30. The lowest BCUT2D eigenvalue weighted by molar-refractivity contribution is -0.123. The number of carbonyl (C=O) groups excluding carboxylic acids is 1. The molecular weight excluding hydrogens is 332 g/mol. The van der Waals surface area contributed by atoms with E-state index in [0.29, 0.717) is 16.8 Å². The standard InChI is InChI=1S/C10H8BrF2NO3S/c11-7-4-6(12)5-8(13)10(7)18(16,17)14-3-1-2-9(14)15/h4-5H,1-3H2. The first-order valence-corrected chi connectivity index (χ1v) is 7.27. The number of hydrogen-bond donors (Lipinski definition) is 0. The second kappa shape index (κ2) is 4.58. The van der Waals surface area contributed by atoms with E-state index >= 15 is 0 Å². The fraction of sp³-hybridized carbons (Fsp3) is 0.300. The van der Waals surface area contributed by atoms with Crippen LogP contribution in [0.2, 0.25) is 0 Å². The van der Waals surface area contributed by atoms with Crippen molar-refractivity contribution in [3.05, 3.63) is 28.2 Å². The first kappa shape index (κ1) is 13.4. The van der Waals surface area contributed by atoms with Gasteiger partial charge in [-0.15, -0.1) is 0 Å². The molecule has 4 nitrogen and oxygen atoms in total. The summed E-state index contributed by atoms with van der Waals surface area (Å²) in [4.78, 5) is 10.7. The van der Waals surface area contributed by atoms with Crippen molar-refractivity contribution in [3.63, 3.8) is 0 Å². The average molecular weight is 340 g/mol. The van der Waals surface area contributed by atoms with E-state index in [0.717, 1.165) is 6.07 Å². The molecule has 0 unspecified atom stereocenters. The van der Waals surface area contributed by atoms with Crippen LogP contribution in [-0.2, 0) is 14.8 Å². The number of nitrogens with zero attached hydrogens (tertiary/aromatic N) is 1. The van der Waals surface area contributed by atoms with Gasteiger partial charge in [-0.05, 0) is 28.4 Å². The SMILES string of the molecule is O=C1CCCN1S(=O)(=O)c1c(F)cc(F)cc1Br. The van der Waals surface area contributed by atoms with E-state index in [4.69, 9.17) is 0 Å². The van der Waals surface area contributed by atoms with Gasteiger partial charge >= 0.3 is 0 Å². The van der Waals surface area contributed by atoms with Gasteiger partial charge in [0.15, 0.2) is 0 Å². The quantitative estimate of drug-likeness (QED) is 0.828. The van der Waals surface area contributed by atoms with Gasteiger partial charge in [-0.1, -0.05) is 0 Å². The zero-order valence-corrected chi connectivity index (χ0v) is 11.4. The van der Waals surface area contributed by atoms with Gasteiger partial charge in [0.05, 0.1) is 0 Å². The number of sulfonamides is 1. The first-order valence-electron chi connectivity index (χ1n) is 5.04. The Morgan fingerprint density at radius 2 is 1.94 bits per heavy atom. The molecule has 0 aliphatic carbocycles. The fourth-order valence-electron chi connectivity index (χ4n) is 1.76. The Hall–Kier alpha value is -1.02. The predicted molar refractivity (Wildman–Crippen MR) is 62.2 cm³/mol. The Balaban J connectivity index is 2.58. The Bertz CT molecular complexity index is 595. The number of amides is 1. The Morgan fingerprint density at radius 3 is 2.44 bits per heavy atom. The van der Waals surface area contributed by atoms with Crippen molar-refractivity contribution in [2.75, 3.05) is 6.54 Å². The van der Waals surface area contributed by atoms with E-state index in [1.165, 1.54) is 0 Å². The summed E-state index contributed by atoms with van der Waals surface area (Å²) in [5, 5.41) is 0. The van der Waals surface area contributed by atoms with Crippen molar-refractivity contribution in [1.29, 1.82) is 0 Å². The van der Waals surface area contributed by atoms with Crippen molar-refractivity contribution < 1.29 is 22.0 Å². The molecule has 0 aromatic heterocycles. The van der Waals surface area contributed by atoms with Crippen LogP contribution in [0.4, 0.5) is 8.78 Å². The molecule has 1 amide bonds. The van der Waals surface area contributed by atoms with E-state index in [9.17, 15) is 22.0 Å². The van der Waals surface area contributed by atoms with Gasteiger partial charge in [-0.3, -0.25) is 4.79 Å². The third kappa shape index (κ3) is 2.14. The summed E-state index contributed by atoms with van der Waals surface area (Å²) in [5.74, 6) is -2.70. The van der Waals surface area contributed by atoms with Gasteiger partial charge in [0.2, 0.25) is 5.91 Å². The van der Waals surface area contributed by atoms with Crippen LogP contribution in [0.3, 0.4) is 0 Å². The van der Waals surface area contributed by atoms with Crippen molar-refractivity contribution in [3.8, 4) is 0 Å². The fourth-order valence-corrected chi connectivity index (χ4v) is 4.34. The molecule has 1 aromatic carbocycles. The number of halogens is 3. The molecule has 1 aliphatic heterocycles. The van der Waals surface area contributed by atoms with E-state index in [2.05, 4.69) is 15.9 Å². The molecule has 2 rings (SSSR count). The number of rotatable bonds is 2. The van der Waals surface area contributed by atoms with E-state index in [-0.39, 0.29) is 17.4 Å². The van der Waals surface area contributed by atoms with Crippen LogP contribution in [-0.4, -0.2) is 25.2 Å². The molecule has 1 aromatic rings. The molecule has 1 fully saturated rings. The minimum absolute atomic E-state index is 0.0183. The average Bonchev–Trinajstić information content (AvgIpc) is 2.62. The van der Waals surface area contributed by atoms with Gasteiger partial charge in [0.1, 0.15) is 16.5 Å². The molecule has 0 bridgehead atoms. The van der Waals surface area contributed by atoms with Gasteiger partial charge < -0.3 is 0 Å². The number of carbonyl (C=O) groups is 1. The minimum atomic E-state index is -4.27. The van der Waals surface area contributed by atoms with Gasteiger partial charge in [-0.25, -0.2) is 21.5 Å². The maximum atomic E-state index is 13.6. The van der Waals surface area contributed by atoms with Crippen LogP contribution in [0.5, 0.6) is 0 Å². The highest BCUT2D eigenvalue weighted by molar-refractivity contribution is 9.10. The number of benzene rings is 1. The van der Waals surface area contributed by atoms with Gasteiger partial charge in [-0.2, -0.15) is 0 Å². The highest BCUT2D eigenvalue weighted by Gasteiger charge is 2.36. The molecule has 98 valence electrons. The molecule has 0 spiro atoms. The smallest absolute Gasteiger partial charge is 0.270 e. The largest absolute Gasteiger partial charge is 0.274 e. The van der Waals surface area contributed by atoms with E-state index in [1.807, 2.05) is 0 Å². The maximum absolute atomic E-state index is 13.6. The second-order valence-corrected chi connectivity index (χ2v) is 6.43. The van der Waals surface area contributed by atoms with E-state index in [1.54, 1.807) is 0 Å². The first-order chi connectivity index (χ1) is 8.34. The van der Waals surface area contributed by atoms with E-state index < -0.39 is 32.5 Å². The summed E-state index contributed by atoms with van der Waals surface area (Å²) in [7, 11) is -4.27. The van der Waals surface area contributed by atoms with Crippen molar-refractivity contribution in [2.45, 2.75) is 17.7 Å². The molecule has 0 atom stereocenters. The topological polar surface area (TPSA) is 54.5 Å². The molecule has 1 heterocycles. The normalized spacial score (nSPS) is 16.4. The monoisotopic (exact) mass is 339 g/mol. The lowest BCUT2D eigenvalue weighted by Gasteiger charge is -2.17. The summed E-state index contributed by atoms with van der Waals surface area (Å²) < 4.78 is 51.1. The summed E-state index contributed by atoms with van der Waals surface area (Å²) in [6.07, 6.45) is 0.512. The summed E-state index contributed by atoms with van der Waals surface area (Å²) >= 11 is 2.80. The van der Waals surface area contributed by atoms with Crippen molar-refractivity contribution in [2.24, 2.45) is 0 Å². The van der Waals surface area contributed by atoms with Crippen LogP contribution in [0.1, 0.15) is 12.8 Å². The van der Waals surface area contributed by atoms with Crippen LogP contribution >= 0.6 is 15.9 Å². The summed E-state index contributed by atoms with van der Waals surface area (Å²) in [6.45, 7) is 0.0183. The van der Waals surface area contributed by atoms with Gasteiger partial charge in [0.25, 0.3) is 10.0 Å². The van der Waals surface area contributed by atoms with Crippen LogP contribution in [0.15, 0.2) is 21.5 Å². The highest BCUT2D eigenvalue weighted by atomic mass is 79.9. The Morgan fingerprint density at radius 1 is 1.28 bits per heavy atom. The van der Waals surface area contributed by atoms with Crippen molar-refractivity contribution in [1.82, 2.24) is 4.31 Å². The molecule has 8 heteroatoms. The summed E-state index contributed by atoms with van der Waals surface area (Å²) in [6, 6.07) is 1.31. The van der Waals surface area contributed by atoms with Gasteiger partial charge in [0, 0.05) is 23.5 Å². The second-order valence-electron chi connectivity index (χ2n) is 3.77. The third-order valence-corrected chi connectivity index (χ3v) is 5.33. The van der Waals surface area contributed by atoms with Crippen LogP contribution in [0, 0.1) is 11.6 Å². The van der Waals surface area contributed by atoms with Crippen LogP contribution < -0.4 is 0 Å². The molecule has 0 N–H and O–H groups in total. The Kier molecular flexibility index (Phi) is 3.41. The minimum Gasteiger partial charge on any atom is -0.274 e. The molecule has 0 saturated carbocycles. The zero-order chi connectivity index (χ0) is 13.5. The molecule has 0 radical (unpaired) electrons. The lowest BCUT2D eigenvalue weighted by Crippen LogP contribution is -2.32.